The Kier molecular flexibility index (Phi) is 4.40. The highest BCUT2D eigenvalue weighted by Crippen LogP contribution is 2.42. The Morgan fingerprint density at radius 3 is 2.70 bits per heavy atom. The molecule has 2 aliphatic heterocycles. The maximum absolute atomic E-state index is 11.9. The van der Waals surface area contributed by atoms with Gasteiger partial charge in [0.2, 0.25) is 17.8 Å². The van der Waals surface area contributed by atoms with Crippen molar-refractivity contribution >= 4 is 23.9 Å². The summed E-state index contributed by atoms with van der Waals surface area (Å²) >= 11 is 0. The van der Waals surface area contributed by atoms with Gasteiger partial charge in [-0.3, -0.25) is 15.1 Å². The van der Waals surface area contributed by atoms with Gasteiger partial charge in [0, 0.05) is 6.07 Å². The van der Waals surface area contributed by atoms with E-state index in [0.717, 1.165) is 30.6 Å². The molecule has 150 valence electrons. The summed E-state index contributed by atoms with van der Waals surface area (Å²) in [5.74, 6) is 0.767. The van der Waals surface area contributed by atoms with Crippen molar-refractivity contribution in [3.63, 3.8) is 0 Å². The standard InChI is InChI=1S/C22H20N5O3/c28-26(29)21-13-18(9-10-22(21)30-20-7-2-1-3-8-20)25(17-5-4-6-17)27-12-11-23-14-19(27)15-24-16-27/h1-3,7-17H,4-6H2/q+1. The third kappa shape index (κ3) is 2.98. The lowest BCUT2D eigenvalue weighted by atomic mass is 9.91. The highest BCUT2D eigenvalue weighted by molar-refractivity contribution is 5.82. The van der Waals surface area contributed by atoms with Gasteiger partial charge in [-0.1, -0.05) is 18.2 Å². The number of ether oxygens (including phenoxy) is 1. The highest BCUT2D eigenvalue weighted by Gasteiger charge is 2.47. The van der Waals surface area contributed by atoms with Crippen molar-refractivity contribution in [2.24, 2.45) is 9.98 Å². The van der Waals surface area contributed by atoms with Crippen molar-refractivity contribution in [1.82, 2.24) is 0 Å². The minimum atomic E-state index is -0.400. The molecule has 3 aliphatic rings. The Morgan fingerprint density at radius 2 is 1.97 bits per heavy atom. The van der Waals surface area contributed by atoms with Crippen LogP contribution in [0.2, 0.25) is 0 Å². The van der Waals surface area contributed by atoms with E-state index < -0.39 is 4.92 Å². The van der Waals surface area contributed by atoms with E-state index in [-0.39, 0.29) is 22.1 Å². The number of nitro benzene ring substituents is 1. The van der Waals surface area contributed by atoms with Crippen molar-refractivity contribution in [3.05, 3.63) is 82.9 Å². The first-order valence-electron chi connectivity index (χ1n) is 9.83. The number of hydrogen-bond donors (Lipinski definition) is 0. The predicted molar refractivity (Wildman–Crippen MR) is 114 cm³/mol. The number of aliphatic imine (C=N–C) groups is 2. The van der Waals surface area contributed by atoms with E-state index in [4.69, 9.17) is 4.74 Å². The summed E-state index contributed by atoms with van der Waals surface area (Å²) in [6, 6.07) is 14.4. The molecule has 1 atom stereocenters. The molecule has 5 rings (SSSR count). The molecule has 8 nitrogen and oxygen atoms in total. The maximum atomic E-state index is 11.9. The number of para-hydroxylation sites is 1. The van der Waals surface area contributed by atoms with Gasteiger partial charge in [0.25, 0.3) is 0 Å². The summed E-state index contributed by atoms with van der Waals surface area (Å²) in [7, 11) is 0. The Balaban J connectivity index is 1.57. The lowest BCUT2D eigenvalue weighted by Crippen LogP contribution is -2.61. The van der Waals surface area contributed by atoms with Crippen molar-refractivity contribution in [1.29, 1.82) is 0 Å². The van der Waals surface area contributed by atoms with Crippen molar-refractivity contribution in [2.45, 2.75) is 25.3 Å². The second kappa shape index (κ2) is 7.23. The number of allylic oxidation sites excluding steroid dienone is 1. The quantitative estimate of drug-likeness (QED) is 0.390. The molecule has 0 aromatic heterocycles. The van der Waals surface area contributed by atoms with Crippen molar-refractivity contribution in [3.8, 4) is 11.5 Å². The van der Waals surface area contributed by atoms with Crippen LogP contribution in [0.15, 0.2) is 82.8 Å². The lowest BCUT2D eigenvalue weighted by Gasteiger charge is -2.46. The van der Waals surface area contributed by atoms with Crippen LogP contribution in [0.1, 0.15) is 19.3 Å². The fraction of sp³-hybridized carbons (Fsp3) is 0.182. The molecule has 0 amide bonds. The molecule has 1 fully saturated rings. The normalized spacial score (nSPS) is 21.7. The molecule has 1 aliphatic carbocycles. The molecular weight excluding hydrogens is 382 g/mol. The summed E-state index contributed by atoms with van der Waals surface area (Å²) in [6.07, 6.45) is 12.2. The van der Waals surface area contributed by atoms with Gasteiger partial charge in [-0.15, -0.1) is 4.59 Å². The molecule has 0 radical (unpaired) electrons. The van der Waals surface area contributed by atoms with Gasteiger partial charge in [-0.2, -0.15) is 0 Å². The zero-order valence-corrected chi connectivity index (χ0v) is 16.2. The maximum Gasteiger partial charge on any atom is 0.313 e. The minimum absolute atomic E-state index is 0.0739. The molecule has 0 bridgehead atoms. The first kappa shape index (κ1) is 18.3. The monoisotopic (exact) mass is 402 g/mol. The fourth-order valence-electron chi connectivity index (χ4n) is 3.93. The SMILES string of the molecule is O=[N+]([O-])c1cc(N(C2CCC2)[N+]23C=CN=CC2=CN=C3)ccc1Oc1ccccc1. The summed E-state index contributed by atoms with van der Waals surface area (Å²) in [5.41, 5.74) is 1.57. The second-order valence-electron chi connectivity index (χ2n) is 7.39. The summed E-state index contributed by atoms with van der Waals surface area (Å²) in [6.45, 7) is 0. The Labute approximate surface area is 173 Å². The average Bonchev–Trinajstić information content (AvgIpc) is 3.16. The third-order valence-corrected chi connectivity index (χ3v) is 5.60. The van der Waals surface area contributed by atoms with Crippen LogP contribution in [0.5, 0.6) is 11.5 Å². The minimum Gasteiger partial charge on any atom is -0.450 e. The van der Waals surface area contributed by atoms with Crippen LogP contribution in [0, 0.1) is 10.1 Å². The van der Waals surface area contributed by atoms with Gasteiger partial charge in [0.15, 0.2) is 6.20 Å². The molecule has 1 saturated carbocycles. The molecule has 0 spiro atoms. The highest BCUT2D eigenvalue weighted by atomic mass is 16.6. The molecule has 2 heterocycles. The van der Waals surface area contributed by atoms with Crippen LogP contribution in [0.25, 0.3) is 0 Å². The number of rotatable bonds is 6. The smallest absolute Gasteiger partial charge is 0.313 e. The number of quaternary nitrogens is 1. The van der Waals surface area contributed by atoms with E-state index in [2.05, 4.69) is 15.0 Å². The van der Waals surface area contributed by atoms with Gasteiger partial charge >= 0.3 is 5.69 Å². The van der Waals surface area contributed by atoms with Crippen LogP contribution in [0.3, 0.4) is 0 Å². The number of fused-ring (bicyclic) bond motifs is 1. The Bertz CT molecular complexity index is 1110. The lowest BCUT2D eigenvalue weighted by molar-refractivity contribution is -0.746. The predicted octanol–water partition coefficient (Wildman–Crippen LogP) is 4.92. The van der Waals surface area contributed by atoms with Crippen LogP contribution in [-0.2, 0) is 0 Å². The van der Waals surface area contributed by atoms with E-state index in [9.17, 15) is 10.1 Å². The van der Waals surface area contributed by atoms with E-state index >= 15 is 0 Å². The van der Waals surface area contributed by atoms with E-state index in [1.807, 2.05) is 36.8 Å². The average molecular weight is 402 g/mol. The molecule has 0 saturated heterocycles. The fourth-order valence-corrected chi connectivity index (χ4v) is 3.93. The van der Waals surface area contributed by atoms with Crippen LogP contribution < -0.4 is 9.75 Å². The first-order chi connectivity index (χ1) is 14.7. The van der Waals surface area contributed by atoms with Crippen LogP contribution >= 0.6 is 0 Å². The van der Waals surface area contributed by atoms with E-state index in [1.165, 1.54) is 0 Å². The number of nitrogens with zero attached hydrogens (tertiary/aromatic N) is 5. The zero-order chi connectivity index (χ0) is 20.6. The molecule has 0 N–H and O–H groups in total. The number of hydrogen-bond acceptors (Lipinski definition) is 6. The van der Waals surface area contributed by atoms with Gasteiger partial charge in [0.1, 0.15) is 5.75 Å². The largest absolute Gasteiger partial charge is 0.450 e. The number of benzene rings is 2. The molecule has 8 heteroatoms. The first-order valence-corrected chi connectivity index (χ1v) is 9.83. The van der Waals surface area contributed by atoms with Crippen LogP contribution in [-0.4, -0.2) is 28.1 Å². The molecule has 2 aromatic carbocycles. The molecule has 1 unspecified atom stereocenters. The van der Waals surface area contributed by atoms with Crippen molar-refractivity contribution < 1.29 is 14.3 Å². The van der Waals surface area contributed by atoms with Gasteiger partial charge < -0.3 is 4.74 Å². The van der Waals surface area contributed by atoms with Crippen molar-refractivity contribution in [2.75, 3.05) is 5.01 Å². The third-order valence-electron chi connectivity index (χ3n) is 5.60. The molecular formula is C22H20N5O3+. The topological polar surface area (TPSA) is 80.3 Å². The van der Waals surface area contributed by atoms with Gasteiger partial charge in [0.05, 0.1) is 35.3 Å². The number of nitro groups is 1. The zero-order valence-electron chi connectivity index (χ0n) is 16.2. The second-order valence-corrected chi connectivity index (χ2v) is 7.39. The Hall–Kier alpha value is -3.78. The number of anilines is 1. The molecule has 30 heavy (non-hydrogen) atoms. The van der Waals surface area contributed by atoms with E-state index in [0.29, 0.717) is 5.75 Å². The summed E-state index contributed by atoms with van der Waals surface area (Å²) in [4.78, 5) is 20.1. The summed E-state index contributed by atoms with van der Waals surface area (Å²) in [5, 5.41) is 14.0. The molecule has 2 aromatic rings. The van der Waals surface area contributed by atoms with E-state index in [1.54, 1.807) is 42.9 Å². The van der Waals surface area contributed by atoms with Crippen LogP contribution in [0.4, 0.5) is 11.4 Å². The van der Waals surface area contributed by atoms with Gasteiger partial charge in [-0.05, 0) is 43.5 Å². The Morgan fingerprint density at radius 1 is 1.13 bits per heavy atom. The van der Waals surface area contributed by atoms with Gasteiger partial charge in [-0.25, -0.2) is 10.0 Å². The summed E-state index contributed by atoms with van der Waals surface area (Å²) < 4.78 is 6.05.